The molecule has 1 aliphatic carbocycles. The Bertz CT molecular complexity index is 1120. The third-order valence-corrected chi connectivity index (χ3v) is 6.63. The van der Waals surface area contributed by atoms with Gasteiger partial charge in [-0.1, -0.05) is 25.0 Å². The maximum Gasteiger partial charge on any atom is 0.270 e. The minimum absolute atomic E-state index is 0.0700. The highest BCUT2D eigenvalue weighted by atomic mass is 16.2. The van der Waals surface area contributed by atoms with Crippen LogP contribution < -0.4 is 10.6 Å². The molecule has 0 aliphatic heterocycles. The molecule has 4 rings (SSSR count). The molecule has 1 saturated carbocycles. The van der Waals surface area contributed by atoms with Gasteiger partial charge in [-0.2, -0.15) is 5.10 Å². The van der Waals surface area contributed by atoms with Crippen LogP contribution in [0.4, 0.5) is 5.82 Å². The fourth-order valence-electron chi connectivity index (χ4n) is 4.68. The fourth-order valence-corrected chi connectivity index (χ4v) is 4.68. The third-order valence-electron chi connectivity index (χ3n) is 6.63. The topological polar surface area (TPSA) is 120 Å². The molecule has 10 heteroatoms. The van der Waals surface area contributed by atoms with Gasteiger partial charge in [0.25, 0.3) is 5.91 Å². The van der Waals surface area contributed by atoms with Crippen molar-refractivity contribution in [1.29, 1.82) is 0 Å². The summed E-state index contributed by atoms with van der Waals surface area (Å²) in [6, 6.07) is 4.66. The predicted octanol–water partition coefficient (Wildman–Crippen LogP) is 2.97. The summed E-state index contributed by atoms with van der Waals surface area (Å²) in [6.07, 6.45) is 7.17. The van der Waals surface area contributed by atoms with Crippen LogP contribution in [0.25, 0.3) is 11.3 Å². The van der Waals surface area contributed by atoms with E-state index in [0.29, 0.717) is 24.0 Å². The first kappa shape index (κ1) is 23.6. The predicted molar refractivity (Wildman–Crippen MR) is 128 cm³/mol. The Kier molecular flexibility index (Phi) is 7.04. The first-order valence-electron chi connectivity index (χ1n) is 11.8. The van der Waals surface area contributed by atoms with Crippen molar-refractivity contribution in [3.63, 3.8) is 0 Å². The molecule has 3 aromatic rings. The van der Waals surface area contributed by atoms with Crippen molar-refractivity contribution >= 4 is 17.6 Å². The quantitative estimate of drug-likeness (QED) is 0.555. The molecule has 0 radical (unpaired) electrons. The Morgan fingerprint density at radius 1 is 1.18 bits per heavy atom. The zero-order valence-corrected chi connectivity index (χ0v) is 20.2. The Morgan fingerprint density at radius 2 is 1.94 bits per heavy atom. The van der Waals surface area contributed by atoms with Gasteiger partial charge in [-0.25, -0.2) is 9.67 Å². The normalized spacial score (nSPS) is 18.9. The summed E-state index contributed by atoms with van der Waals surface area (Å²) in [5.74, 6) is 0.593. The highest BCUT2D eigenvalue weighted by Gasteiger charge is 2.33. The van der Waals surface area contributed by atoms with Gasteiger partial charge in [0.1, 0.15) is 17.6 Å². The molecule has 0 saturated heterocycles. The highest BCUT2D eigenvalue weighted by molar-refractivity contribution is 6.00. The third kappa shape index (κ3) is 5.00. The number of hydrogen-bond donors (Lipinski definition) is 2. The number of anilines is 1. The van der Waals surface area contributed by atoms with Crippen molar-refractivity contribution < 1.29 is 9.59 Å². The average Bonchev–Trinajstić information content (AvgIpc) is 3.45. The molecule has 0 aromatic carbocycles. The number of hydrogen-bond acceptors (Lipinski definition) is 6. The Balaban J connectivity index is 1.51. The van der Waals surface area contributed by atoms with E-state index >= 15 is 0 Å². The summed E-state index contributed by atoms with van der Waals surface area (Å²) >= 11 is 0. The molecule has 0 spiro atoms. The summed E-state index contributed by atoms with van der Waals surface area (Å²) < 4.78 is 3.32. The lowest BCUT2D eigenvalue weighted by Crippen LogP contribution is -2.49. The van der Waals surface area contributed by atoms with Crippen LogP contribution in [0, 0.1) is 18.8 Å². The molecule has 34 heavy (non-hydrogen) atoms. The van der Waals surface area contributed by atoms with Crippen LogP contribution in [-0.2, 0) is 18.4 Å². The molecular formula is C24H32N8O2. The van der Waals surface area contributed by atoms with E-state index in [9.17, 15) is 9.59 Å². The van der Waals surface area contributed by atoms with Crippen LogP contribution in [-0.4, -0.2) is 47.6 Å². The van der Waals surface area contributed by atoms with E-state index in [0.717, 1.165) is 42.6 Å². The number of amides is 2. The number of nitrogens with zero attached hydrogens (tertiary/aromatic N) is 6. The Hall–Kier alpha value is -3.56. The van der Waals surface area contributed by atoms with Gasteiger partial charge in [0.05, 0.1) is 11.4 Å². The highest BCUT2D eigenvalue weighted by Crippen LogP contribution is 2.31. The molecule has 1 aliphatic rings. The van der Waals surface area contributed by atoms with Crippen LogP contribution in [0.1, 0.15) is 55.7 Å². The zero-order chi connectivity index (χ0) is 24.2. The zero-order valence-electron chi connectivity index (χ0n) is 20.2. The van der Waals surface area contributed by atoms with E-state index in [1.807, 2.05) is 27.0 Å². The molecule has 3 heterocycles. The lowest BCUT2D eigenvalue weighted by molar-refractivity contribution is -0.119. The van der Waals surface area contributed by atoms with Crippen LogP contribution >= 0.6 is 0 Å². The summed E-state index contributed by atoms with van der Waals surface area (Å²) in [4.78, 5) is 30.8. The molecule has 10 nitrogen and oxygen atoms in total. The van der Waals surface area contributed by atoms with Gasteiger partial charge in [0, 0.05) is 31.5 Å². The van der Waals surface area contributed by atoms with E-state index < -0.39 is 6.04 Å². The van der Waals surface area contributed by atoms with E-state index in [1.165, 1.54) is 0 Å². The van der Waals surface area contributed by atoms with Crippen molar-refractivity contribution in [2.45, 2.75) is 59.0 Å². The lowest BCUT2D eigenvalue weighted by atomic mass is 9.79. The van der Waals surface area contributed by atoms with Gasteiger partial charge in [0.2, 0.25) is 5.91 Å². The van der Waals surface area contributed by atoms with E-state index in [2.05, 4.69) is 38.0 Å². The van der Waals surface area contributed by atoms with Crippen molar-refractivity contribution in [2.75, 3.05) is 5.32 Å². The smallest absolute Gasteiger partial charge is 0.270 e. The molecule has 0 unspecified atom stereocenters. The number of aryl methyl sites for hydroxylation is 3. The second kappa shape index (κ2) is 10.1. The molecule has 180 valence electrons. The second-order valence-electron chi connectivity index (χ2n) is 9.07. The fraction of sp³-hybridized carbons (Fsp3) is 0.500. The van der Waals surface area contributed by atoms with Crippen LogP contribution in [0.5, 0.6) is 0 Å². The second-order valence-corrected chi connectivity index (χ2v) is 9.07. The van der Waals surface area contributed by atoms with Gasteiger partial charge in [0.15, 0.2) is 0 Å². The number of pyridine rings is 1. The molecule has 2 N–H and O–H groups in total. The monoisotopic (exact) mass is 464 g/mol. The summed E-state index contributed by atoms with van der Waals surface area (Å²) in [5, 5.41) is 18.2. The first-order valence-corrected chi connectivity index (χ1v) is 11.8. The summed E-state index contributed by atoms with van der Waals surface area (Å²) in [7, 11) is 1.83. The van der Waals surface area contributed by atoms with Crippen molar-refractivity contribution in [1.82, 2.24) is 35.1 Å². The van der Waals surface area contributed by atoms with Gasteiger partial charge >= 0.3 is 0 Å². The first-order chi connectivity index (χ1) is 16.4. The maximum absolute atomic E-state index is 13.4. The summed E-state index contributed by atoms with van der Waals surface area (Å²) in [5.41, 5.74) is 3.00. The van der Waals surface area contributed by atoms with Crippen LogP contribution in [0.2, 0.25) is 0 Å². The number of nitrogens with one attached hydrogen (secondary N) is 2. The SMILES string of the molecule is CCn1nccc1C(=O)N[C@H](C(=O)Nc1ccc(-c2c(C)nnn2C)cn1)C1CCC(C)CC1. The maximum atomic E-state index is 13.4. The molecule has 3 aromatic heterocycles. The minimum atomic E-state index is -0.648. The van der Waals surface area contributed by atoms with Gasteiger partial charge in [-0.05, 0) is 56.7 Å². The Morgan fingerprint density at radius 3 is 2.56 bits per heavy atom. The van der Waals surface area contributed by atoms with E-state index in [1.54, 1.807) is 33.9 Å². The number of rotatable bonds is 7. The standard InChI is InChI=1S/C24H32N8O2/c1-5-32-19(12-13-26-32)23(33)28-21(17-8-6-15(2)7-9-17)24(34)27-20-11-10-18(14-25-20)22-16(3)29-30-31(22)4/h10-15,17,21H,5-9H2,1-4H3,(H,28,33)(H,25,27,34)/t15?,17?,21-/m0/s1. The number of carbonyl (C=O) groups is 2. The molecule has 0 bridgehead atoms. The molecule has 2 amide bonds. The van der Waals surface area contributed by atoms with Crippen molar-refractivity contribution in [3.8, 4) is 11.3 Å². The molecule has 1 fully saturated rings. The van der Waals surface area contributed by atoms with Gasteiger partial charge in [-0.15, -0.1) is 5.10 Å². The Labute approximate surface area is 199 Å². The van der Waals surface area contributed by atoms with Crippen LogP contribution in [0.3, 0.4) is 0 Å². The van der Waals surface area contributed by atoms with Crippen LogP contribution in [0.15, 0.2) is 30.6 Å². The minimum Gasteiger partial charge on any atom is -0.339 e. The largest absolute Gasteiger partial charge is 0.339 e. The summed E-state index contributed by atoms with van der Waals surface area (Å²) in [6.45, 7) is 6.62. The molecule has 1 atom stereocenters. The van der Waals surface area contributed by atoms with Crippen molar-refractivity contribution in [3.05, 3.63) is 42.0 Å². The van der Waals surface area contributed by atoms with Gasteiger partial charge in [-0.3, -0.25) is 14.3 Å². The average molecular weight is 465 g/mol. The number of aromatic nitrogens is 6. The van der Waals surface area contributed by atoms with Crippen molar-refractivity contribution in [2.24, 2.45) is 18.9 Å². The lowest BCUT2D eigenvalue weighted by Gasteiger charge is -2.32. The molecular weight excluding hydrogens is 432 g/mol. The van der Waals surface area contributed by atoms with Gasteiger partial charge < -0.3 is 10.6 Å². The van der Waals surface area contributed by atoms with E-state index in [-0.39, 0.29) is 17.7 Å². The van der Waals surface area contributed by atoms with E-state index in [4.69, 9.17) is 0 Å². The number of carbonyl (C=O) groups excluding carboxylic acids is 2.